The average Bonchev–Trinajstić information content (AvgIpc) is 3.01. The normalized spacial score (nSPS) is 25.1. The SMILES string of the molecule is CC1CCCN1C1CCc2cc(-c3cncnc3)ccc2C1. The molecule has 114 valence electrons. The lowest BCUT2D eigenvalue weighted by Gasteiger charge is -2.35. The number of aryl methyl sites for hydroxylation is 1. The highest BCUT2D eigenvalue weighted by Crippen LogP contribution is 2.31. The van der Waals surface area contributed by atoms with Crippen LogP contribution in [0.3, 0.4) is 0 Å². The summed E-state index contributed by atoms with van der Waals surface area (Å²) in [5.41, 5.74) is 5.41. The Morgan fingerprint density at radius 2 is 1.91 bits per heavy atom. The van der Waals surface area contributed by atoms with Crippen LogP contribution in [0, 0.1) is 0 Å². The van der Waals surface area contributed by atoms with Gasteiger partial charge >= 0.3 is 0 Å². The Morgan fingerprint density at radius 1 is 1.05 bits per heavy atom. The van der Waals surface area contributed by atoms with Crippen molar-refractivity contribution in [2.24, 2.45) is 0 Å². The van der Waals surface area contributed by atoms with Gasteiger partial charge in [0.15, 0.2) is 0 Å². The van der Waals surface area contributed by atoms with Gasteiger partial charge in [-0.1, -0.05) is 18.2 Å². The van der Waals surface area contributed by atoms with E-state index < -0.39 is 0 Å². The van der Waals surface area contributed by atoms with Crippen LogP contribution in [-0.4, -0.2) is 33.5 Å². The molecule has 2 atom stereocenters. The summed E-state index contributed by atoms with van der Waals surface area (Å²) in [6, 6.07) is 8.42. The molecule has 2 heterocycles. The van der Waals surface area contributed by atoms with E-state index in [4.69, 9.17) is 0 Å². The Balaban J connectivity index is 1.57. The second-order valence-electron chi connectivity index (χ2n) is 6.74. The van der Waals surface area contributed by atoms with Gasteiger partial charge in [-0.25, -0.2) is 9.97 Å². The van der Waals surface area contributed by atoms with Gasteiger partial charge in [-0.05, 0) is 62.3 Å². The Labute approximate surface area is 132 Å². The van der Waals surface area contributed by atoms with Gasteiger partial charge in [-0.15, -0.1) is 0 Å². The van der Waals surface area contributed by atoms with Crippen molar-refractivity contribution in [2.75, 3.05) is 6.54 Å². The minimum absolute atomic E-state index is 0.746. The third-order valence-corrected chi connectivity index (χ3v) is 5.38. The van der Waals surface area contributed by atoms with Gasteiger partial charge in [0, 0.05) is 30.0 Å². The second kappa shape index (κ2) is 5.81. The van der Waals surface area contributed by atoms with Gasteiger partial charge in [0.1, 0.15) is 6.33 Å². The molecule has 1 aromatic carbocycles. The minimum Gasteiger partial charge on any atom is -0.297 e. The van der Waals surface area contributed by atoms with E-state index in [1.807, 2.05) is 12.4 Å². The first-order valence-electron chi connectivity index (χ1n) is 8.44. The van der Waals surface area contributed by atoms with Gasteiger partial charge in [-0.2, -0.15) is 0 Å². The number of hydrogen-bond acceptors (Lipinski definition) is 3. The summed E-state index contributed by atoms with van der Waals surface area (Å²) < 4.78 is 0. The smallest absolute Gasteiger partial charge is 0.115 e. The molecule has 2 unspecified atom stereocenters. The first kappa shape index (κ1) is 13.9. The molecule has 3 heteroatoms. The van der Waals surface area contributed by atoms with Crippen LogP contribution >= 0.6 is 0 Å². The molecule has 0 spiro atoms. The van der Waals surface area contributed by atoms with E-state index in [0.717, 1.165) is 17.6 Å². The van der Waals surface area contributed by atoms with Crippen LogP contribution in [0.2, 0.25) is 0 Å². The Morgan fingerprint density at radius 3 is 2.68 bits per heavy atom. The number of hydrogen-bond donors (Lipinski definition) is 0. The number of rotatable bonds is 2. The summed E-state index contributed by atoms with van der Waals surface area (Å²) in [6.45, 7) is 3.68. The lowest BCUT2D eigenvalue weighted by atomic mass is 9.85. The van der Waals surface area contributed by atoms with Crippen LogP contribution < -0.4 is 0 Å². The standard InChI is InChI=1S/C19H23N3/c1-14-3-2-8-22(14)19-7-6-15-9-16(4-5-17(15)10-19)18-11-20-13-21-12-18/h4-5,9,11-14,19H,2-3,6-8,10H2,1H3. The van der Waals surface area contributed by atoms with Crippen molar-refractivity contribution in [3.8, 4) is 11.1 Å². The molecule has 1 aliphatic heterocycles. The maximum atomic E-state index is 4.13. The molecular formula is C19H23N3. The monoisotopic (exact) mass is 293 g/mol. The molecule has 3 nitrogen and oxygen atoms in total. The van der Waals surface area contributed by atoms with Crippen LogP contribution in [0.4, 0.5) is 0 Å². The summed E-state index contributed by atoms with van der Waals surface area (Å²) in [5, 5.41) is 0. The number of likely N-dealkylation sites (tertiary alicyclic amines) is 1. The van der Waals surface area contributed by atoms with E-state index in [9.17, 15) is 0 Å². The number of aromatic nitrogens is 2. The van der Waals surface area contributed by atoms with Crippen LogP contribution in [0.15, 0.2) is 36.9 Å². The van der Waals surface area contributed by atoms with E-state index in [2.05, 4.69) is 40.0 Å². The maximum absolute atomic E-state index is 4.13. The fraction of sp³-hybridized carbons (Fsp3) is 0.474. The average molecular weight is 293 g/mol. The van der Waals surface area contributed by atoms with Crippen molar-refractivity contribution in [3.05, 3.63) is 48.0 Å². The van der Waals surface area contributed by atoms with E-state index in [1.165, 1.54) is 55.3 Å². The van der Waals surface area contributed by atoms with Crippen LogP contribution in [0.1, 0.15) is 37.3 Å². The van der Waals surface area contributed by atoms with E-state index in [-0.39, 0.29) is 0 Å². The van der Waals surface area contributed by atoms with E-state index >= 15 is 0 Å². The maximum Gasteiger partial charge on any atom is 0.115 e. The topological polar surface area (TPSA) is 29.0 Å². The van der Waals surface area contributed by atoms with Crippen molar-refractivity contribution >= 4 is 0 Å². The van der Waals surface area contributed by atoms with Gasteiger partial charge in [0.25, 0.3) is 0 Å². The van der Waals surface area contributed by atoms with Gasteiger partial charge in [-0.3, -0.25) is 4.90 Å². The van der Waals surface area contributed by atoms with Crippen LogP contribution in [-0.2, 0) is 12.8 Å². The highest BCUT2D eigenvalue weighted by molar-refractivity contribution is 5.63. The third kappa shape index (κ3) is 2.54. The van der Waals surface area contributed by atoms with Crippen molar-refractivity contribution in [2.45, 2.75) is 51.1 Å². The summed E-state index contributed by atoms with van der Waals surface area (Å²) in [7, 11) is 0. The zero-order valence-electron chi connectivity index (χ0n) is 13.2. The number of nitrogens with zero attached hydrogens (tertiary/aromatic N) is 3. The zero-order valence-corrected chi connectivity index (χ0v) is 13.2. The Hall–Kier alpha value is -1.74. The Bertz CT molecular complexity index is 653. The highest BCUT2D eigenvalue weighted by Gasteiger charge is 2.30. The van der Waals surface area contributed by atoms with Crippen molar-refractivity contribution in [3.63, 3.8) is 0 Å². The highest BCUT2D eigenvalue weighted by atomic mass is 15.2. The van der Waals surface area contributed by atoms with Crippen molar-refractivity contribution in [1.29, 1.82) is 0 Å². The van der Waals surface area contributed by atoms with Crippen LogP contribution in [0.5, 0.6) is 0 Å². The predicted octanol–water partition coefficient (Wildman–Crippen LogP) is 3.49. The van der Waals surface area contributed by atoms with E-state index in [0.29, 0.717) is 0 Å². The molecule has 0 radical (unpaired) electrons. The zero-order chi connectivity index (χ0) is 14.9. The first-order chi connectivity index (χ1) is 10.8. The molecule has 1 fully saturated rings. The fourth-order valence-corrected chi connectivity index (χ4v) is 4.14. The molecule has 2 aromatic rings. The first-order valence-corrected chi connectivity index (χ1v) is 8.44. The van der Waals surface area contributed by atoms with Gasteiger partial charge < -0.3 is 0 Å². The lowest BCUT2D eigenvalue weighted by Crippen LogP contribution is -2.41. The van der Waals surface area contributed by atoms with Crippen molar-refractivity contribution in [1.82, 2.24) is 14.9 Å². The fourth-order valence-electron chi connectivity index (χ4n) is 4.14. The third-order valence-electron chi connectivity index (χ3n) is 5.38. The molecule has 1 saturated heterocycles. The minimum atomic E-state index is 0.746. The second-order valence-corrected chi connectivity index (χ2v) is 6.74. The summed E-state index contributed by atoms with van der Waals surface area (Å²) >= 11 is 0. The molecule has 4 rings (SSSR count). The Kier molecular flexibility index (Phi) is 3.67. The largest absolute Gasteiger partial charge is 0.297 e. The summed E-state index contributed by atoms with van der Waals surface area (Å²) in [5.74, 6) is 0. The lowest BCUT2D eigenvalue weighted by molar-refractivity contribution is 0.174. The predicted molar refractivity (Wildman–Crippen MR) is 88.7 cm³/mol. The molecule has 22 heavy (non-hydrogen) atoms. The van der Waals surface area contributed by atoms with Gasteiger partial charge in [0.2, 0.25) is 0 Å². The summed E-state index contributed by atoms with van der Waals surface area (Å²) in [6.07, 6.45) is 11.8. The van der Waals surface area contributed by atoms with Crippen molar-refractivity contribution < 1.29 is 0 Å². The molecule has 2 aliphatic rings. The van der Waals surface area contributed by atoms with Gasteiger partial charge in [0.05, 0.1) is 0 Å². The van der Waals surface area contributed by atoms with E-state index in [1.54, 1.807) is 6.33 Å². The molecule has 0 N–H and O–H groups in total. The summed E-state index contributed by atoms with van der Waals surface area (Å²) in [4.78, 5) is 11.0. The molecule has 1 aliphatic carbocycles. The number of benzene rings is 1. The molecule has 0 bridgehead atoms. The van der Waals surface area contributed by atoms with Crippen LogP contribution in [0.25, 0.3) is 11.1 Å². The molecule has 0 saturated carbocycles. The quantitative estimate of drug-likeness (QED) is 0.849. The molecule has 1 aromatic heterocycles. The molecular weight excluding hydrogens is 270 g/mol. The number of fused-ring (bicyclic) bond motifs is 1. The molecule has 0 amide bonds.